The Morgan fingerprint density at radius 1 is 1.07 bits per heavy atom. The number of anilines is 1. The fourth-order valence-corrected chi connectivity index (χ4v) is 2.99. The first kappa shape index (κ1) is 22.1. The standard InChI is InChI=1S/C21H25FN4O.HI/c1-2-23-20(24-14-19(27)26-18-10-8-17(22)9-11-18)25-15-21(12-13-21)16-6-4-3-5-7-16;/h3-11H,2,12-15H2,1H3,(H,26,27)(H2,23,24,25);1H. The van der Waals surface area contributed by atoms with Crippen LogP contribution in [0.25, 0.3) is 0 Å². The molecule has 1 fully saturated rings. The van der Waals surface area contributed by atoms with Crippen molar-refractivity contribution in [1.29, 1.82) is 0 Å². The molecule has 0 spiro atoms. The molecule has 150 valence electrons. The molecule has 3 rings (SSSR count). The van der Waals surface area contributed by atoms with Crippen LogP contribution in [-0.4, -0.2) is 31.5 Å². The van der Waals surface area contributed by atoms with E-state index in [1.165, 1.54) is 29.8 Å². The second kappa shape index (κ2) is 10.4. The van der Waals surface area contributed by atoms with E-state index in [0.29, 0.717) is 18.2 Å². The number of rotatable bonds is 7. The largest absolute Gasteiger partial charge is 0.357 e. The van der Waals surface area contributed by atoms with Crippen LogP contribution in [0.5, 0.6) is 0 Å². The molecule has 0 heterocycles. The summed E-state index contributed by atoms with van der Waals surface area (Å²) in [6.07, 6.45) is 2.29. The summed E-state index contributed by atoms with van der Waals surface area (Å²) in [6, 6.07) is 16.1. The van der Waals surface area contributed by atoms with Gasteiger partial charge in [0, 0.05) is 24.2 Å². The van der Waals surface area contributed by atoms with Crippen molar-refractivity contribution < 1.29 is 9.18 Å². The van der Waals surface area contributed by atoms with Gasteiger partial charge >= 0.3 is 0 Å². The highest BCUT2D eigenvalue weighted by Gasteiger charge is 2.43. The van der Waals surface area contributed by atoms with E-state index < -0.39 is 0 Å². The normalized spacial score (nSPS) is 14.6. The number of amides is 1. The summed E-state index contributed by atoms with van der Waals surface area (Å²) in [5.74, 6) is 0.0361. The van der Waals surface area contributed by atoms with Gasteiger partial charge in [-0.05, 0) is 49.6 Å². The molecule has 2 aromatic carbocycles. The molecule has 0 unspecified atom stereocenters. The average Bonchev–Trinajstić information content (AvgIpc) is 3.48. The van der Waals surface area contributed by atoms with Gasteiger partial charge in [0.05, 0.1) is 0 Å². The zero-order valence-electron chi connectivity index (χ0n) is 15.9. The number of halogens is 2. The van der Waals surface area contributed by atoms with E-state index in [4.69, 9.17) is 0 Å². The summed E-state index contributed by atoms with van der Waals surface area (Å²) in [7, 11) is 0. The van der Waals surface area contributed by atoms with Gasteiger partial charge in [-0.25, -0.2) is 9.38 Å². The van der Waals surface area contributed by atoms with E-state index in [1.807, 2.05) is 13.0 Å². The van der Waals surface area contributed by atoms with Gasteiger partial charge in [-0.15, -0.1) is 24.0 Å². The lowest BCUT2D eigenvalue weighted by Gasteiger charge is -2.19. The van der Waals surface area contributed by atoms with Crippen LogP contribution < -0.4 is 16.0 Å². The molecule has 1 amide bonds. The van der Waals surface area contributed by atoms with Crippen LogP contribution in [0, 0.1) is 5.82 Å². The number of hydrogen-bond acceptors (Lipinski definition) is 2. The molecular weight excluding hydrogens is 470 g/mol. The molecule has 0 aliphatic heterocycles. The Morgan fingerprint density at radius 2 is 1.75 bits per heavy atom. The maximum Gasteiger partial charge on any atom is 0.246 e. The van der Waals surface area contributed by atoms with Crippen LogP contribution in [0.4, 0.5) is 10.1 Å². The van der Waals surface area contributed by atoms with Crippen molar-refractivity contribution in [3.05, 3.63) is 66.0 Å². The molecule has 3 N–H and O–H groups in total. The van der Waals surface area contributed by atoms with Gasteiger partial charge in [-0.3, -0.25) is 4.79 Å². The first-order chi connectivity index (χ1) is 13.1. The van der Waals surface area contributed by atoms with Crippen LogP contribution in [0.3, 0.4) is 0 Å². The SMILES string of the molecule is CCNC(=NCC(=O)Nc1ccc(F)cc1)NCC1(c2ccccc2)CC1.I. The second-order valence-electron chi connectivity index (χ2n) is 6.75. The topological polar surface area (TPSA) is 65.5 Å². The molecule has 0 saturated heterocycles. The van der Waals surface area contributed by atoms with Crippen LogP contribution in [0.15, 0.2) is 59.6 Å². The molecule has 0 aromatic heterocycles. The summed E-state index contributed by atoms with van der Waals surface area (Å²) in [5.41, 5.74) is 2.05. The van der Waals surface area contributed by atoms with Crippen molar-refractivity contribution in [1.82, 2.24) is 10.6 Å². The van der Waals surface area contributed by atoms with E-state index in [-0.39, 0.29) is 47.7 Å². The van der Waals surface area contributed by atoms with Gasteiger partial charge in [-0.1, -0.05) is 30.3 Å². The van der Waals surface area contributed by atoms with E-state index in [2.05, 4.69) is 45.2 Å². The first-order valence-corrected chi connectivity index (χ1v) is 9.24. The van der Waals surface area contributed by atoms with E-state index in [1.54, 1.807) is 0 Å². The fourth-order valence-electron chi connectivity index (χ4n) is 2.99. The van der Waals surface area contributed by atoms with Gasteiger partial charge in [-0.2, -0.15) is 0 Å². The minimum atomic E-state index is -0.336. The number of guanidine groups is 1. The van der Waals surface area contributed by atoms with E-state index in [9.17, 15) is 9.18 Å². The highest BCUT2D eigenvalue weighted by molar-refractivity contribution is 14.0. The van der Waals surface area contributed by atoms with Crippen LogP contribution >= 0.6 is 24.0 Å². The van der Waals surface area contributed by atoms with E-state index in [0.717, 1.165) is 19.4 Å². The monoisotopic (exact) mass is 496 g/mol. The highest BCUT2D eigenvalue weighted by atomic mass is 127. The molecule has 0 atom stereocenters. The van der Waals surface area contributed by atoms with Crippen molar-refractivity contribution >= 4 is 41.5 Å². The van der Waals surface area contributed by atoms with Crippen LogP contribution in [-0.2, 0) is 10.2 Å². The molecule has 1 aliphatic rings. The summed E-state index contributed by atoms with van der Waals surface area (Å²) >= 11 is 0. The van der Waals surface area contributed by atoms with Gasteiger partial charge in [0.1, 0.15) is 12.4 Å². The fraction of sp³-hybridized carbons (Fsp3) is 0.333. The quantitative estimate of drug-likeness (QED) is 0.312. The zero-order chi connectivity index (χ0) is 19.1. The van der Waals surface area contributed by atoms with Crippen LogP contribution in [0.2, 0.25) is 0 Å². The van der Waals surface area contributed by atoms with Crippen molar-refractivity contribution in [2.75, 3.05) is 25.0 Å². The summed E-state index contributed by atoms with van der Waals surface area (Å²) in [5, 5.41) is 9.24. The van der Waals surface area contributed by atoms with Crippen molar-refractivity contribution in [3.8, 4) is 0 Å². The minimum Gasteiger partial charge on any atom is -0.357 e. The smallest absolute Gasteiger partial charge is 0.246 e. The van der Waals surface area contributed by atoms with Gasteiger partial charge in [0.25, 0.3) is 0 Å². The number of aliphatic imine (C=N–C) groups is 1. The molecule has 0 bridgehead atoms. The Bertz CT molecular complexity index is 792. The number of hydrogen-bond donors (Lipinski definition) is 3. The number of nitrogens with zero attached hydrogens (tertiary/aromatic N) is 1. The maximum atomic E-state index is 12.9. The predicted molar refractivity (Wildman–Crippen MR) is 122 cm³/mol. The third kappa shape index (κ3) is 6.19. The van der Waals surface area contributed by atoms with Gasteiger partial charge in [0.15, 0.2) is 5.96 Å². The van der Waals surface area contributed by atoms with Gasteiger partial charge in [0.2, 0.25) is 5.91 Å². The molecule has 7 heteroatoms. The lowest BCUT2D eigenvalue weighted by Crippen LogP contribution is -2.41. The van der Waals surface area contributed by atoms with Crippen molar-refractivity contribution in [3.63, 3.8) is 0 Å². The molecular formula is C21H26FIN4O. The molecule has 1 aliphatic carbocycles. The van der Waals surface area contributed by atoms with E-state index >= 15 is 0 Å². The Kier molecular flexibility index (Phi) is 8.22. The van der Waals surface area contributed by atoms with Crippen molar-refractivity contribution in [2.45, 2.75) is 25.2 Å². The Balaban J connectivity index is 0.00000280. The molecule has 2 aromatic rings. The Hall–Kier alpha value is -2.16. The highest BCUT2D eigenvalue weighted by Crippen LogP contribution is 2.47. The number of carbonyl (C=O) groups is 1. The lowest BCUT2D eigenvalue weighted by molar-refractivity contribution is -0.114. The third-order valence-electron chi connectivity index (χ3n) is 4.69. The minimum absolute atomic E-state index is 0. The zero-order valence-corrected chi connectivity index (χ0v) is 18.2. The predicted octanol–water partition coefficient (Wildman–Crippen LogP) is 3.67. The third-order valence-corrected chi connectivity index (χ3v) is 4.69. The molecule has 0 radical (unpaired) electrons. The van der Waals surface area contributed by atoms with Crippen molar-refractivity contribution in [2.24, 2.45) is 4.99 Å². The second-order valence-corrected chi connectivity index (χ2v) is 6.75. The molecule has 5 nitrogen and oxygen atoms in total. The summed E-state index contributed by atoms with van der Waals surface area (Å²) in [6.45, 7) is 3.47. The first-order valence-electron chi connectivity index (χ1n) is 9.24. The lowest BCUT2D eigenvalue weighted by atomic mass is 9.96. The Morgan fingerprint density at radius 3 is 2.36 bits per heavy atom. The summed E-state index contributed by atoms with van der Waals surface area (Å²) < 4.78 is 12.9. The number of nitrogens with one attached hydrogen (secondary N) is 3. The molecule has 1 saturated carbocycles. The Labute approximate surface area is 182 Å². The van der Waals surface area contributed by atoms with Gasteiger partial charge < -0.3 is 16.0 Å². The average molecular weight is 496 g/mol. The van der Waals surface area contributed by atoms with Crippen LogP contribution in [0.1, 0.15) is 25.3 Å². The molecule has 28 heavy (non-hydrogen) atoms. The number of carbonyl (C=O) groups excluding carboxylic acids is 1. The summed E-state index contributed by atoms with van der Waals surface area (Å²) in [4.78, 5) is 16.4. The maximum absolute atomic E-state index is 12.9. The number of benzene rings is 2.